The number of ether oxygens (including phenoxy) is 1. The van der Waals surface area contributed by atoms with Gasteiger partial charge in [0, 0.05) is 11.6 Å². The van der Waals surface area contributed by atoms with Crippen molar-refractivity contribution < 1.29 is 22.7 Å². The van der Waals surface area contributed by atoms with Crippen molar-refractivity contribution in [2.75, 3.05) is 17.1 Å². The third-order valence-electron chi connectivity index (χ3n) is 4.09. The van der Waals surface area contributed by atoms with Crippen LogP contribution in [0.5, 0.6) is 5.75 Å². The first kappa shape index (κ1) is 23.0. The predicted molar refractivity (Wildman–Crippen MR) is 120 cm³/mol. The SMILES string of the molecule is COc1ccccc1NC(=O)C(N=Nc1ccc(S(=O)(=O)Nc2nccs2)cc1)C(C)=O. The standard InChI is InChI=1S/C20H19N5O5S2/c1-13(26)18(19(27)22-16-5-3-4-6-17(16)30-2)24-23-14-7-9-15(10-8-14)32(28,29)25-20-21-11-12-31-20/h3-12,18H,1-2H3,(H,21,25)(H,22,27). The number of anilines is 2. The summed E-state index contributed by atoms with van der Waals surface area (Å²) >= 11 is 1.15. The maximum atomic E-state index is 12.5. The van der Waals surface area contributed by atoms with E-state index in [1.807, 2.05) is 0 Å². The van der Waals surface area contributed by atoms with Crippen LogP contribution in [0.3, 0.4) is 0 Å². The zero-order chi connectivity index (χ0) is 23.1. The minimum atomic E-state index is -3.80. The van der Waals surface area contributed by atoms with Crippen molar-refractivity contribution in [3.05, 3.63) is 60.1 Å². The number of rotatable bonds is 9. The number of benzene rings is 2. The Balaban J connectivity index is 1.72. The number of hydrogen-bond acceptors (Lipinski definition) is 9. The summed E-state index contributed by atoms with van der Waals surface area (Å²) in [5, 5.41) is 12.3. The van der Waals surface area contributed by atoms with E-state index in [1.165, 1.54) is 44.5 Å². The van der Waals surface area contributed by atoms with Gasteiger partial charge in [0.1, 0.15) is 5.75 Å². The predicted octanol–water partition coefficient (Wildman–Crippen LogP) is 3.63. The fraction of sp³-hybridized carbons (Fsp3) is 0.150. The van der Waals surface area contributed by atoms with E-state index in [2.05, 4.69) is 25.3 Å². The molecule has 0 aliphatic heterocycles. The molecule has 166 valence electrons. The van der Waals surface area contributed by atoms with E-state index < -0.39 is 27.8 Å². The van der Waals surface area contributed by atoms with Crippen LogP contribution in [0.25, 0.3) is 0 Å². The summed E-state index contributed by atoms with van der Waals surface area (Å²) in [7, 11) is -2.34. The number of nitrogens with zero attached hydrogens (tertiary/aromatic N) is 3. The van der Waals surface area contributed by atoms with E-state index in [-0.39, 0.29) is 15.7 Å². The molecule has 0 aliphatic rings. The number of Topliss-reactive ketones (excluding diaryl/α,β-unsaturated/α-hetero) is 1. The second kappa shape index (κ2) is 10.1. The van der Waals surface area contributed by atoms with Gasteiger partial charge in [0.15, 0.2) is 10.9 Å². The number of hydrogen-bond donors (Lipinski definition) is 2. The summed E-state index contributed by atoms with van der Waals surface area (Å²) in [6, 6.07) is 10.9. The second-order valence-electron chi connectivity index (χ2n) is 6.35. The molecule has 32 heavy (non-hydrogen) atoms. The molecule has 1 heterocycles. The number of thiazole rings is 1. The van der Waals surface area contributed by atoms with Crippen molar-refractivity contribution in [1.82, 2.24) is 4.98 Å². The molecule has 1 aromatic heterocycles. The highest BCUT2D eigenvalue weighted by atomic mass is 32.2. The van der Waals surface area contributed by atoms with Gasteiger partial charge in [0.25, 0.3) is 15.9 Å². The van der Waals surface area contributed by atoms with Gasteiger partial charge in [-0.05, 0) is 43.3 Å². The van der Waals surface area contributed by atoms with Crippen molar-refractivity contribution in [2.45, 2.75) is 17.9 Å². The minimum absolute atomic E-state index is 0.00341. The molecule has 10 nitrogen and oxygen atoms in total. The monoisotopic (exact) mass is 473 g/mol. The van der Waals surface area contributed by atoms with Gasteiger partial charge in [-0.15, -0.1) is 11.3 Å². The van der Waals surface area contributed by atoms with Gasteiger partial charge in [0.05, 0.1) is 23.4 Å². The van der Waals surface area contributed by atoms with E-state index in [9.17, 15) is 18.0 Å². The number of ketones is 1. The van der Waals surface area contributed by atoms with Crippen LogP contribution in [0, 0.1) is 0 Å². The first-order valence-electron chi connectivity index (χ1n) is 9.18. The lowest BCUT2D eigenvalue weighted by atomic mass is 10.2. The highest BCUT2D eigenvalue weighted by Gasteiger charge is 2.24. The van der Waals surface area contributed by atoms with E-state index >= 15 is 0 Å². The summed E-state index contributed by atoms with van der Waals surface area (Å²) in [6.07, 6.45) is 1.49. The molecule has 1 amide bonds. The molecule has 0 saturated heterocycles. The first-order chi connectivity index (χ1) is 15.3. The van der Waals surface area contributed by atoms with E-state index in [1.54, 1.807) is 29.6 Å². The summed E-state index contributed by atoms with van der Waals surface area (Å²) in [4.78, 5) is 28.4. The van der Waals surface area contributed by atoms with E-state index in [0.29, 0.717) is 11.4 Å². The summed E-state index contributed by atoms with van der Waals surface area (Å²) < 4.78 is 32.3. The normalized spacial score (nSPS) is 12.3. The number of nitrogens with one attached hydrogen (secondary N) is 2. The van der Waals surface area contributed by atoms with Gasteiger partial charge < -0.3 is 10.1 Å². The summed E-state index contributed by atoms with van der Waals surface area (Å²) in [5.41, 5.74) is 0.665. The minimum Gasteiger partial charge on any atom is -0.495 e. The lowest BCUT2D eigenvalue weighted by Crippen LogP contribution is -2.31. The number of para-hydroxylation sites is 2. The number of amides is 1. The molecule has 2 N–H and O–H groups in total. The highest BCUT2D eigenvalue weighted by Crippen LogP contribution is 2.24. The Bertz CT molecular complexity index is 1230. The molecule has 0 radical (unpaired) electrons. The van der Waals surface area contributed by atoms with Crippen molar-refractivity contribution in [3.63, 3.8) is 0 Å². The quantitative estimate of drug-likeness (QED) is 0.359. The topological polar surface area (TPSA) is 139 Å². The third kappa shape index (κ3) is 5.74. The molecule has 0 saturated carbocycles. The van der Waals surface area contributed by atoms with Gasteiger partial charge in [-0.3, -0.25) is 14.3 Å². The smallest absolute Gasteiger partial charge is 0.263 e. The van der Waals surface area contributed by atoms with Gasteiger partial charge >= 0.3 is 0 Å². The first-order valence-corrected chi connectivity index (χ1v) is 11.5. The van der Waals surface area contributed by atoms with Crippen molar-refractivity contribution in [1.29, 1.82) is 0 Å². The molecule has 12 heteroatoms. The zero-order valence-corrected chi connectivity index (χ0v) is 18.7. The molecule has 3 aromatic rings. The van der Waals surface area contributed by atoms with Crippen LogP contribution in [0.1, 0.15) is 6.92 Å². The van der Waals surface area contributed by atoms with Crippen LogP contribution < -0.4 is 14.8 Å². The molecule has 2 aromatic carbocycles. The Kier molecular flexibility index (Phi) is 7.28. The molecule has 1 atom stereocenters. The number of sulfonamides is 1. The lowest BCUT2D eigenvalue weighted by Gasteiger charge is -2.12. The molecule has 0 bridgehead atoms. The Morgan fingerprint density at radius 2 is 1.84 bits per heavy atom. The van der Waals surface area contributed by atoms with Crippen LogP contribution >= 0.6 is 11.3 Å². The Morgan fingerprint density at radius 3 is 2.47 bits per heavy atom. The molecule has 1 unspecified atom stereocenters. The molecule has 0 spiro atoms. The fourth-order valence-corrected chi connectivity index (χ4v) is 4.32. The van der Waals surface area contributed by atoms with E-state index in [0.717, 1.165) is 11.3 Å². The number of carbonyl (C=O) groups excluding carboxylic acids is 2. The van der Waals surface area contributed by atoms with Crippen LogP contribution in [0.4, 0.5) is 16.5 Å². The van der Waals surface area contributed by atoms with Gasteiger partial charge in [-0.25, -0.2) is 13.4 Å². The highest BCUT2D eigenvalue weighted by molar-refractivity contribution is 7.93. The second-order valence-corrected chi connectivity index (χ2v) is 8.93. The Morgan fingerprint density at radius 1 is 1.12 bits per heavy atom. The average Bonchev–Trinajstić information content (AvgIpc) is 3.26. The van der Waals surface area contributed by atoms with Crippen molar-refractivity contribution >= 4 is 49.6 Å². The van der Waals surface area contributed by atoms with Crippen LogP contribution in [0.15, 0.2) is 75.2 Å². The Hall–Kier alpha value is -3.64. The van der Waals surface area contributed by atoms with Gasteiger partial charge in [-0.1, -0.05) is 12.1 Å². The maximum Gasteiger partial charge on any atom is 0.263 e. The largest absolute Gasteiger partial charge is 0.495 e. The zero-order valence-electron chi connectivity index (χ0n) is 17.1. The number of carbonyl (C=O) groups is 2. The van der Waals surface area contributed by atoms with Crippen molar-refractivity contribution in [2.24, 2.45) is 10.2 Å². The van der Waals surface area contributed by atoms with E-state index in [4.69, 9.17) is 4.74 Å². The molecular weight excluding hydrogens is 454 g/mol. The maximum absolute atomic E-state index is 12.5. The molecule has 0 fully saturated rings. The van der Waals surface area contributed by atoms with Crippen LogP contribution in [0.2, 0.25) is 0 Å². The molecule has 0 aliphatic carbocycles. The van der Waals surface area contributed by atoms with Crippen molar-refractivity contribution in [3.8, 4) is 5.75 Å². The number of azo groups is 1. The fourth-order valence-electron chi connectivity index (χ4n) is 2.53. The third-order valence-corrected chi connectivity index (χ3v) is 6.26. The van der Waals surface area contributed by atoms with Crippen LogP contribution in [-0.4, -0.2) is 38.2 Å². The summed E-state index contributed by atoms with van der Waals surface area (Å²) in [5.74, 6) is -0.742. The van der Waals surface area contributed by atoms with Gasteiger partial charge in [0.2, 0.25) is 6.04 Å². The molecular formula is C20H19N5O5S2. The number of aromatic nitrogens is 1. The number of methoxy groups -OCH3 is 1. The lowest BCUT2D eigenvalue weighted by molar-refractivity contribution is -0.126. The molecule has 3 rings (SSSR count). The van der Waals surface area contributed by atoms with Gasteiger partial charge in [-0.2, -0.15) is 10.2 Å². The average molecular weight is 474 g/mol. The van der Waals surface area contributed by atoms with Crippen LogP contribution in [-0.2, 0) is 19.6 Å². The summed E-state index contributed by atoms with van der Waals surface area (Å²) in [6.45, 7) is 1.23. The Labute approximate surface area is 188 Å².